The highest BCUT2D eigenvalue weighted by Gasteiger charge is 2.27. The maximum Gasteiger partial charge on any atom is 0.330 e. The zero-order chi connectivity index (χ0) is 19.6. The molecular weight excluding hydrogens is 367 g/mol. The van der Waals surface area contributed by atoms with Gasteiger partial charge in [0, 0.05) is 6.07 Å². The fourth-order valence-corrected chi connectivity index (χ4v) is 2.97. The number of nitrogens with one attached hydrogen (secondary N) is 2. The van der Waals surface area contributed by atoms with Gasteiger partial charge in [-0.3, -0.25) is 4.79 Å². The number of aliphatic carboxylic acids is 1. The molecule has 2 rings (SSSR count). The molecule has 0 aliphatic rings. The van der Waals surface area contributed by atoms with Gasteiger partial charge in [-0.05, 0) is 38.1 Å². The lowest BCUT2D eigenvalue weighted by Crippen LogP contribution is -2.34. The Hall–Kier alpha value is -2.72. The second kappa shape index (κ2) is 7.26. The maximum atomic E-state index is 13.4. The Bertz CT molecular complexity index is 967. The van der Waals surface area contributed by atoms with Crippen molar-refractivity contribution in [3.05, 3.63) is 52.5 Å². The Morgan fingerprint density at radius 3 is 2.42 bits per heavy atom. The molecule has 1 aromatic carbocycles. The van der Waals surface area contributed by atoms with Crippen molar-refractivity contribution < 1.29 is 31.9 Å². The van der Waals surface area contributed by atoms with Crippen LogP contribution in [0.15, 0.2) is 33.8 Å². The number of furan rings is 1. The Morgan fingerprint density at radius 2 is 1.88 bits per heavy atom. The second-order valence-electron chi connectivity index (χ2n) is 5.50. The highest BCUT2D eigenvalue weighted by molar-refractivity contribution is 7.89. The number of carboxylic acid groups (broad SMARTS) is 1. The molecule has 0 spiro atoms. The summed E-state index contributed by atoms with van der Waals surface area (Å²) in [4.78, 5) is 23.9. The number of hydrogen-bond donors (Lipinski definition) is 3. The smallest absolute Gasteiger partial charge is 0.330 e. The van der Waals surface area contributed by atoms with E-state index in [4.69, 9.17) is 4.42 Å². The van der Waals surface area contributed by atoms with Crippen molar-refractivity contribution in [1.82, 2.24) is 10.0 Å². The van der Waals surface area contributed by atoms with Crippen molar-refractivity contribution in [1.29, 1.82) is 0 Å². The van der Waals surface area contributed by atoms with E-state index in [-0.39, 0.29) is 22.5 Å². The fraction of sp³-hybridized carbons (Fsp3) is 0.250. The number of benzene rings is 1. The van der Waals surface area contributed by atoms with Crippen LogP contribution >= 0.6 is 0 Å². The molecule has 140 valence electrons. The Morgan fingerprint density at radius 1 is 1.23 bits per heavy atom. The minimum absolute atomic E-state index is 0.00995. The minimum Gasteiger partial charge on any atom is -0.479 e. The molecule has 0 bridgehead atoms. The molecule has 10 heteroatoms. The van der Waals surface area contributed by atoms with E-state index in [9.17, 15) is 27.5 Å². The molecule has 0 aliphatic carbocycles. The SMILES string of the molecule is CNS(=O)(=O)c1cc(C(=O)NC(C(=O)O)c2ccc(F)c(C)c2)c(C)o1. The molecule has 1 amide bonds. The third-order valence-corrected chi connectivity index (χ3v) is 4.98. The van der Waals surface area contributed by atoms with E-state index in [0.29, 0.717) is 0 Å². The predicted molar refractivity (Wildman–Crippen MR) is 88.7 cm³/mol. The first-order valence-corrected chi connectivity index (χ1v) is 8.89. The van der Waals surface area contributed by atoms with Gasteiger partial charge in [0.1, 0.15) is 11.6 Å². The number of carbonyl (C=O) groups is 2. The molecule has 1 atom stereocenters. The van der Waals surface area contributed by atoms with Crippen LogP contribution in [-0.2, 0) is 14.8 Å². The van der Waals surface area contributed by atoms with E-state index < -0.39 is 38.9 Å². The number of amides is 1. The van der Waals surface area contributed by atoms with Crippen LogP contribution in [-0.4, -0.2) is 32.4 Å². The summed E-state index contributed by atoms with van der Waals surface area (Å²) in [5.41, 5.74) is 0.280. The van der Waals surface area contributed by atoms with Gasteiger partial charge < -0.3 is 14.8 Å². The van der Waals surface area contributed by atoms with Crippen molar-refractivity contribution in [3.63, 3.8) is 0 Å². The first-order chi connectivity index (χ1) is 12.1. The molecule has 1 heterocycles. The van der Waals surface area contributed by atoms with Crippen molar-refractivity contribution in [2.45, 2.75) is 25.0 Å². The van der Waals surface area contributed by atoms with Crippen LogP contribution in [0.3, 0.4) is 0 Å². The quantitative estimate of drug-likeness (QED) is 0.693. The Kier molecular flexibility index (Phi) is 5.47. The molecule has 26 heavy (non-hydrogen) atoms. The number of halogens is 1. The zero-order valence-electron chi connectivity index (χ0n) is 14.2. The molecule has 3 N–H and O–H groups in total. The summed E-state index contributed by atoms with van der Waals surface area (Å²) < 4.78 is 44.0. The predicted octanol–water partition coefficient (Wildman–Crippen LogP) is 1.50. The van der Waals surface area contributed by atoms with Crippen LogP contribution in [0.1, 0.15) is 33.3 Å². The van der Waals surface area contributed by atoms with Gasteiger partial charge in [-0.1, -0.05) is 12.1 Å². The van der Waals surface area contributed by atoms with Gasteiger partial charge in [0.15, 0.2) is 6.04 Å². The molecule has 0 aliphatic heterocycles. The number of hydrogen-bond acceptors (Lipinski definition) is 5. The first-order valence-electron chi connectivity index (χ1n) is 7.40. The van der Waals surface area contributed by atoms with Gasteiger partial charge in [-0.2, -0.15) is 0 Å². The van der Waals surface area contributed by atoms with E-state index in [1.54, 1.807) is 0 Å². The summed E-state index contributed by atoms with van der Waals surface area (Å²) in [6, 6.07) is 3.23. The van der Waals surface area contributed by atoms with E-state index in [1.165, 1.54) is 33.0 Å². The molecule has 1 unspecified atom stereocenters. The van der Waals surface area contributed by atoms with Gasteiger partial charge in [0.25, 0.3) is 15.9 Å². The molecule has 0 radical (unpaired) electrons. The average molecular weight is 384 g/mol. The topological polar surface area (TPSA) is 126 Å². The highest BCUT2D eigenvalue weighted by Crippen LogP contribution is 2.21. The van der Waals surface area contributed by atoms with Crippen molar-refractivity contribution in [3.8, 4) is 0 Å². The number of sulfonamides is 1. The monoisotopic (exact) mass is 384 g/mol. The van der Waals surface area contributed by atoms with Crippen molar-refractivity contribution in [2.24, 2.45) is 0 Å². The van der Waals surface area contributed by atoms with E-state index in [0.717, 1.165) is 12.1 Å². The lowest BCUT2D eigenvalue weighted by molar-refractivity contribution is -0.139. The number of rotatable bonds is 6. The molecular formula is C16H17FN2O6S. The van der Waals surface area contributed by atoms with Gasteiger partial charge in [0.2, 0.25) is 5.09 Å². The normalized spacial score (nSPS) is 12.6. The largest absolute Gasteiger partial charge is 0.479 e. The van der Waals surface area contributed by atoms with Crippen molar-refractivity contribution in [2.75, 3.05) is 7.05 Å². The molecule has 0 saturated carbocycles. The lowest BCUT2D eigenvalue weighted by atomic mass is 10.0. The summed E-state index contributed by atoms with van der Waals surface area (Å²) in [5, 5.41) is 11.2. The number of carbonyl (C=O) groups excluding carboxylic acids is 1. The fourth-order valence-electron chi connectivity index (χ4n) is 2.26. The molecule has 0 saturated heterocycles. The third-order valence-electron chi connectivity index (χ3n) is 3.71. The van der Waals surface area contributed by atoms with Crippen LogP contribution in [0.5, 0.6) is 0 Å². The highest BCUT2D eigenvalue weighted by atomic mass is 32.2. The molecule has 0 fully saturated rings. The number of aryl methyl sites for hydroxylation is 2. The van der Waals surface area contributed by atoms with Crippen molar-refractivity contribution >= 4 is 21.9 Å². The molecule has 1 aromatic heterocycles. The first kappa shape index (κ1) is 19.6. The van der Waals surface area contributed by atoms with Gasteiger partial charge in [0.05, 0.1) is 5.56 Å². The summed E-state index contributed by atoms with van der Waals surface area (Å²) in [7, 11) is -2.71. The van der Waals surface area contributed by atoms with E-state index >= 15 is 0 Å². The zero-order valence-corrected chi connectivity index (χ0v) is 15.0. The summed E-state index contributed by atoms with van der Waals surface area (Å²) in [6.45, 7) is 2.84. The average Bonchev–Trinajstić information content (AvgIpc) is 2.97. The minimum atomic E-state index is -3.90. The standard InChI is InChI=1S/C16H17FN2O6S/c1-8-6-10(4-5-12(8)17)14(16(21)22)19-15(20)11-7-13(25-9(11)2)26(23,24)18-3/h4-7,14,18H,1-3H3,(H,19,20)(H,21,22). The third kappa shape index (κ3) is 3.92. The van der Waals surface area contributed by atoms with Crippen LogP contribution in [0.2, 0.25) is 0 Å². The summed E-state index contributed by atoms with van der Waals surface area (Å²) in [5.74, 6) is -2.68. The van der Waals surface area contributed by atoms with Crippen LogP contribution in [0.4, 0.5) is 4.39 Å². The summed E-state index contributed by atoms with van der Waals surface area (Å²) in [6.07, 6.45) is 0. The second-order valence-corrected chi connectivity index (χ2v) is 7.31. The van der Waals surface area contributed by atoms with Crippen LogP contribution in [0, 0.1) is 19.7 Å². The molecule has 2 aromatic rings. The van der Waals surface area contributed by atoms with Crippen LogP contribution in [0.25, 0.3) is 0 Å². The Balaban J connectivity index is 2.34. The van der Waals surface area contributed by atoms with Crippen LogP contribution < -0.4 is 10.0 Å². The lowest BCUT2D eigenvalue weighted by Gasteiger charge is -2.15. The molecule has 8 nitrogen and oxygen atoms in total. The number of carboxylic acids is 1. The van der Waals surface area contributed by atoms with E-state index in [2.05, 4.69) is 10.0 Å². The van der Waals surface area contributed by atoms with Gasteiger partial charge >= 0.3 is 5.97 Å². The Labute approximate surface area is 149 Å². The van der Waals surface area contributed by atoms with E-state index in [1.807, 2.05) is 0 Å². The summed E-state index contributed by atoms with van der Waals surface area (Å²) >= 11 is 0. The van der Waals surface area contributed by atoms with Gasteiger partial charge in [-0.15, -0.1) is 0 Å². The maximum absolute atomic E-state index is 13.4. The van der Waals surface area contributed by atoms with Gasteiger partial charge in [-0.25, -0.2) is 22.3 Å².